The molecule has 1 heterocycles. The molecule has 2 unspecified atom stereocenters. The monoisotopic (exact) mass is 493 g/mol. The summed E-state index contributed by atoms with van der Waals surface area (Å²) >= 11 is 0. The van der Waals surface area contributed by atoms with Crippen molar-refractivity contribution in [1.82, 2.24) is 9.62 Å². The summed E-state index contributed by atoms with van der Waals surface area (Å²) in [5.41, 5.74) is 3.47. The van der Waals surface area contributed by atoms with Crippen molar-refractivity contribution in [2.45, 2.75) is 44.9 Å². The van der Waals surface area contributed by atoms with E-state index >= 15 is 0 Å². The molecule has 2 aromatic carbocycles. The molecule has 0 aromatic heterocycles. The first-order valence-corrected chi connectivity index (χ1v) is 14.7. The van der Waals surface area contributed by atoms with Crippen molar-refractivity contribution < 1.29 is 16.8 Å². The summed E-state index contributed by atoms with van der Waals surface area (Å²) in [5, 5.41) is -0.479. The highest BCUT2D eigenvalue weighted by atomic mass is 32.2. The van der Waals surface area contributed by atoms with Gasteiger partial charge in [0, 0.05) is 37.3 Å². The van der Waals surface area contributed by atoms with Crippen LogP contribution in [0.3, 0.4) is 0 Å². The van der Waals surface area contributed by atoms with Crippen LogP contribution in [0, 0.1) is 5.92 Å². The third kappa shape index (κ3) is 7.02. The highest BCUT2D eigenvalue weighted by Gasteiger charge is 2.37. The summed E-state index contributed by atoms with van der Waals surface area (Å²) in [6.45, 7) is 10.1. The first-order chi connectivity index (χ1) is 15.3. The number of nitrogens with one attached hydrogen (secondary N) is 2. The molecule has 9 heteroatoms. The largest absolute Gasteiger partial charge is 0.301 e. The van der Waals surface area contributed by atoms with Crippen LogP contribution in [0.5, 0.6) is 0 Å². The molecule has 1 aliphatic heterocycles. The normalized spacial score (nSPS) is 20.0. The molecule has 0 amide bonds. The average Bonchev–Trinajstić information content (AvgIpc) is 3.07. The molecule has 33 heavy (non-hydrogen) atoms. The molecular formula is C24H35N3O4S2. The minimum atomic E-state index is -3.38. The minimum Gasteiger partial charge on any atom is -0.301 e. The third-order valence-electron chi connectivity index (χ3n) is 5.79. The summed E-state index contributed by atoms with van der Waals surface area (Å²) in [6.07, 6.45) is 1.13. The molecule has 2 atom stereocenters. The molecule has 2 aromatic rings. The lowest BCUT2D eigenvalue weighted by atomic mass is 9.93. The Morgan fingerprint density at radius 3 is 2.18 bits per heavy atom. The van der Waals surface area contributed by atoms with Crippen molar-refractivity contribution in [3.8, 4) is 11.1 Å². The molecule has 182 valence electrons. The van der Waals surface area contributed by atoms with Gasteiger partial charge >= 0.3 is 0 Å². The molecule has 0 aliphatic carbocycles. The first-order valence-electron chi connectivity index (χ1n) is 11.3. The fourth-order valence-corrected chi connectivity index (χ4v) is 5.74. The van der Waals surface area contributed by atoms with Gasteiger partial charge in [0.2, 0.25) is 20.0 Å². The summed E-state index contributed by atoms with van der Waals surface area (Å²) in [7, 11) is -6.72. The quantitative estimate of drug-likeness (QED) is 0.558. The van der Waals surface area contributed by atoms with Gasteiger partial charge in [0.25, 0.3) is 0 Å². The van der Waals surface area contributed by atoms with Crippen molar-refractivity contribution in [3.05, 3.63) is 54.1 Å². The molecule has 7 nitrogen and oxygen atoms in total. The number of hydrogen-bond donors (Lipinski definition) is 2. The SMILES string of the molecule is CC(C)CN1CC(NS(=O)(=O)C(C)C)C(c2ccc(-c3cccc(NS(C)(=O)=O)c3)cc2)C1. The number of hydrogen-bond acceptors (Lipinski definition) is 5. The van der Waals surface area contributed by atoms with Gasteiger partial charge in [-0.3, -0.25) is 4.72 Å². The fourth-order valence-electron chi connectivity index (χ4n) is 4.25. The topological polar surface area (TPSA) is 95.6 Å². The van der Waals surface area contributed by atoms with Crippen molar-refractivity contribution in [2.24, 2.45) is 5.92 Å². The zero-order valence-electron chi connectivity index (χ0n) is 19.9. The lowest BCUT2D eigenvalue weighted by Crippen LogP contribution is -2.43. The van der Waals surface area contributed by atoms with Crippen LogP contribution >= 0.6 is 0 Å². The van der Waals surface area contributed by atoms with Gasteiger partial charge in [0.05, 0.1) is 11.5 Å². The van der Waals surface area contributed by atoms with Gasteiger partial charge in [0.15, 0.2) is 0 Å². The van der Waals surface area contributed by atoms with Crippen LogP contribution in [0.15, 0.2) is 48.5 Å². The number of likely N-dealkylation sites (tertiary alicyclic amines) is 1. The van der Waals surface area contributed by atoms with E-state index in [9.17, 15) is 16.8 Å². The number of nitrogens with zero attached hydrogens (tertiary/aromatic N) is 1. The second kappa shape index (κ2) is 10.1. The van der Waals surface area contributed by atoms with Crippen LogP contribution in [0.1, 0.15) is 39.2 Å². The van der Waals surface area contributed by atoms with E-state index in [-0.39, 0.29) is 12.0 Å². The zero-order valence-corrected chi connectivity index (χ0v) is 21.6. The van der Waals surface area contributed by atoms with Crippen molar-refractivity contribution >= 4 is 25.7 Å². The molecule has 1 aliphatic rings. The van der Waals surface area contributed by atoms with Crippen LogP contribution < -0.4 is 9.44 Å². The highest BCUT2D eigenvalue weighted by Crippen LogP contribution is 2.31. The maximum atomic E-state index is 12.6. The Hall–Kier alpha value is -1.94. The molecule has 0 radical (unpaired) electrons. The molecule has 0 saturated carbocycles. The maximum absolute atomic E-state index is 12.6. The van der Waals surface area contributed by atoms with Crippen LogP contribution in [-0.2, 0) is 20.0 Å². The van der Waals surface area contributed by atoms with Crippen LogP contribution in [-0.4, -0.2) is 58.9 Å². The summed E-state index contributed by atoms with van der Waals surface area (Å²) in [4.78, 5) is 2.33. The van der Waals surface area contributed by atoms with Gasteiger partial charge < -0.3 is 4.90 Å². The van der Waals surface area contributed by atoms with E-state index in [1.54, 1.807) is 26.0 Å². The number of benzene rings is 2. The molecular weight excluding hydrogens is 458 g/mol. The number of rotatable bonds is 9. The van der Waals surface area contributed by atoms with Gasteiger partial charge in [-0.2, -0.15) is 0 Å². The van der Waals surface area contributed by atoms with E-state index in [1.807, 2.05) is 36.4 Å². The van der Waals surface area contributed by atoms with E-state index in [1.165, 1.54) is 0 Å². The fraction of sp³-hybridized carbons (Fsp3) is 0.500. The van der Waals surface area contributed by atoms with Crippen molar-refractivity contribution in [3.63, 3.8) is 0 Å². The molecule has 1 fully saturated rings. The summed E-state index contributed by atoms with van der Waals surface area (Å²) < 4.78 is 53.7. The Bertz CT molecular complexity index is 1160. The van der Waals surface area contributed by atoms with Gasteiger partial charge in [-0.25, -0.2) is 21.6 Å². The van der Waals surface area contributed by atoms with E-state index < -0.39 is 25.3 Å². The lowest BCUT2D eigenvalue weighted by Gasteiger charge is -2.22. The van der Waals surface area contributed by atoms with Gasteiger partial charge in [0.1, 0.15) is 0 Å². The van der Waals surface area contributed by atoms with E-state index in [0.717, 1.165) is 36.0 Å². The van der Waals surface area contributed by atoms with Crippen molar-refractivity contribution in [1.29, 1.82) is 0 Å². The van der Waals surface area contributed by atoms with Crippen LogP contribution in [0.2, 0.25) is 0 Å². The predicted molar refractivity (Wildman–Crippen MR) is 135 cm³/mol. The standard InChI is InChI=1S/C24H35N3O4S2/c1-17(2)14-27-15-23(24(16-27)26-33(30,31)18(3)4)20-11-9-19(10-12-20)21-7-6-8-22(13-21)25-32(5,28)29/h6-13,17-18,23-26H,14-16H2,1-5H3. The van der Waals surface area contributed by atoms with Crippen molar-refractivity contribution in [2.75, 3.05) is 30.6 Å². The molecule has 0 spiro atoms. The predicted octanol–water partition coefficient (Wildman–Crippen LogP) is 3.48. The Morgan fingerprint density at radius 2 is 1.61 bits per heavy atom. The maximum Gasteiger partial charge on any atom is 0.229 e. The van der Waals surface area contributed by atoms with E-state index in [4.69, 9.17) is 0 Å². The molecule has 2 N–H and O–H groups in total. The first kappa shape index (κ1) is 25.7. The Morgan fingerprint density at radius 1 is 0.939 bits per heavy atom. The molecule has 0 bridgehead atoms. The Balaban J connectivity index is 1.84. The smallest absolute Gasteiger partial charge is 0.229 e. The summed E-state index contributed by atoms with van der Waals surface area (Å²) in [6, 6.07) is 15.2. The number of anilines is 1. The minimum absolute atomic E-state index is 0.0598. The summed E-state index contributed by atoms with van der Waals surface area (Å²) in [5.74, 6) is 0.561. The average molecular weight is 494 g/mol. The van der Waals surface area contributed by atoms with E-state index in [2.05, 4.69) is 28.2 Å². The lowest BCUT2D eigenvalue weighted by molar-refractivity contribution is 0.291. The van der Waals surface area contributed by atoms with E-state index in [0.29, 0.717) is 18.2 Å². The van der Waals surface area contributed by atoms with Gasteiger partial charge in [-0.1, -0.05) is 50.2 Å². The third-order valence-corrected chi connectivity index (χ3v) is 8.27. The Labute approximate surface area is 198 Å². The molecule has 1 saturated heterocycles. The second-order valence-corrected chi connectivity index (χ2v) is 13.6. The van der Waals surface area contributed by atoms with Crippen LogP contribution in [0.4, 0.5) is 5.69 Å². The Kier molecular flexibility index (Phi) is 7.88. The number of sulfonamides is 2. The van der Waals surface area contributed by atoms with Crippen LogP contribution in [0.25, 0.3) is 11.1 Å². The zero-order chi connectivity index (χ0) is 24.4. The second-order valence-electron chi connectivity index (χ2n) is 9.61. The van der Waals surface area contributed by atoms with Gasteiger partial charge in [-0.05, 0) is 48.6 Å². The van der Waals surface area contributed by atoms with Gasteiger partial charge in [-0.15, -0.1) is 0 Å². The highest BCUT2D eigenvalue weighted by molar-refractivity contribution is 7.92. The molecule has 3 rings (SSSR count).